The first-order chi connectivity index (χ1) is 12.3. The van der Waals surface area contributed by atoms with Crippen LogP contribution in [0.5, 0.6) is 0 Å². The molecule has 1 amide bonds. The van der Waals surface area contributed by atoms with Crippen LogP contribution in [0.2, 0.25) is 0 Å². The van der Waals surface area contributed by atoms with E-state index in [2.05, 4.69) is 25.1 Å². The zero-order chi connectivity index (χ0) is 17.5. The molecule has 0 aromatic carbocycles. The first-order valence-corrected chi connectivity index (χ1v) is 9.29. The minimum atomic E-state index is 0.186. The van der Waals surface area contributed by atoms with Crippen LogP contribution in [0.15, 0.2) is 18.6 Å². The third kappa shape index (κ3) is 5.12. The van der Waals surface area contributed by atoms with Crippen molar-refractivity contribution in [2.45, 2.75) is 31.7 Å². The van der Waals surface area contributed by atoms with Gasteiger partial charge in [0.05, 0.1) is 12.8 Å². The summed E-state index contributed by atoms with van der Waals surface area (Å²) in [6, 6.07) is 0.395. The number of ether oxygens (including phenoxy) is 1. The second kappa shape index (κ2) is 9.10. The van der Waals surface area contributed by atoms with E-state index in [1.54, 1.807) is 25.7 Å². The SMILES string of the molecule is COCCN1CCN(C(=O)C2CCC(Nc3cnccn3)CC2)CC1. The van der Waals surface area contributed by atoms with E-state index in [1.807, 2.05) is 0 Å². The number of nitrogens with one attached hydrogen (secondary N) is 1. The maximum Gasteiger partial charge on any atom is 0.225 e. The first-order valence-electron chi connectivity index (χ1n) is 9.29. The second-order valence-electron chi connectivity index (χ2n) is 6.94. The first kappa shape index (κ1) is 18.1. The Labute approximate surface area is 149 Å². The molecule has 1 saturated carbocycles. The van der Waals surface area contributed by atoms with Gasteiger partial charge in [-0.3, -0.25) is 14.7 Å². The molecule has 25 heavy (non-hydrogen) atoms. The quantitative estimate of drug-likeness (QED) is 0.835. The zero-order valence-corrected chi connectivity index (χ0v) is 15.1. The number of amides is 1. The number of rotatable bonds is 6. The largest absolute Gasteiger partial charge is 0.383 e. The fourth-order valence-corrected chi connectivity index (χ4v) is 3.74. The summed E-state index contributed by atoms with van der Waals surface area (Å²) >= 11 is 0. The van der Waals surface area contributed by atoms with Crippen LogP contribution >= 0.6 is 0 Å². The molecule has 1 saturated heterocycles. The lowest BCUT2D eigenvalue weighted by Crippen LogP contribution is -2.51. The molecule has 1 N–H and O–H groups in total. The van der Waals surface area contributed by atoms with Crippen LogP contribution in [0.4, 0.5) is 5.82 Å². The number of nitrogens with zero attached hydrogens (tertiary/aromatic N) is 4. The van der Waals surface area contributed by atoms with Crippen molar-refractivity contribution in [3.05, 3.63) is 18.6 Å². The van der Waals surface area contributed by atoms with Crippen LogP contribution in [-0.2, 0) is 9.53 Å². The Kier molecular flexibility index (Phi) is 6.58. The number of carbonyl (C=O) groups is 1. The van der Waals surface area contributed by atoms with Crippen molar-refractivity contribution in [3.63, 3.8) is 0 Å². The minimum Gasteiger partial charge on any atom is -0.383 e. The van der Waals surface area contributed by atoms with E-state index in [0.717, 1.165) is 70.8 Å². The molecule has 2 aliphatic rings. The van der Waals surface area contributed by atoms with Crippen LogP contribution < -0.4 is 5.32 Å². The lowest BCUT2D eigenvalue weighted by Gasteiger charge is -2.38. The van der Waals surface area contributed by atoms with E-state index in [-0.39, 0.29) is 5.92 Å². The molecule has 3 rings (SSSR count). The van der Waals surface area contributed by atoms with E-state index >= 15 is 0 Å². The third-order valence-electron chi connectivity index (χ3n) is 5.29. The number of piperazine rings is 1. The monoisotopic (exact) mass is 347 g/mol. The average Bonchev–Trinajstić information content (AvgIpc) is 2.68. The normalized spacial score (nSPS) is 24.9. The van der Waals surface area contributed by atoms with E-state index in [0.29, 0.717) is 11.9 Å². The summed E-state index contributed by atoms with van der Waals surface area (Å²) in [6.45, 7) is 5.33. The standard InChI is InChI=1S/C18H29N5O2/c1-25-13-12-22-8-10-23(11-9-22)18(24)15-2-4-16(5-3-15)21-17-14-19-6-7-20-17/h6-7,14-16H,2-5,8-13H2,1H3,(H,20,21). The summed E-state index contributed by atoms with van der Waals surface area (Å²) in [5.41, 5.74) is 0. The van der Waals surface area contributed by atoms with E-state index in [4.69, 9.17) is 4.74 Å². The molecule has 7 nitrogen and oxygen atoms in total. The van der Waals surface area contributed by atoms with Gasteiger partial charge in [0.1, 0.15) is 5.82 Å². The topological polar surface area (TPSA) is 70.6 Å². The van der Waals surface area contributed by atoms with Crippen LogP contribution in [-0.4, -0.2) is 78.2 Å². The summed E-state index contributed by atoms with van der Waals surface area (Å²) in [5, 5.41) is 3.43. The fourth-order valence-electron chi connectivity index (χ4n) is 3.74. The van der Waals surface area contributed by atoms with Crippen molar-refractivity contribution >= 4 is 11.7 Å². The highest BCUT2D eigenvalue weighted by Crippen LogP contribution is 2.28. The maximum absolute atomic E-state index is 12.8. The van der Waals surface area contributed by atoms with Crippen LogP contribution in [0.25, 0.3) is 0 Å². The molecular weight excluding hydrogens is 318 g/mol. The minimum absolute atomic E-state index is 0.186. The van der Waals surface area contributed by atoms with Crippen molar-refractivity contribution < 1.29 is 9.53 Å². The van der Waals surface area contributed by atoms with Crippen molar-refractivity contribution in [1.82, 2.24) is 19.8 Å². The Morgan fingerprint density at radius 1 is 1.20 bits per heavy atom. The molecule has 0 bridgehead atoms. The van der Waals surface area contributed by atoms with E-state index in [1.165, 1.54) is 0 Å². The molecule has 0 radical (unpaired) electrons. The van der Waals surface area contributed by atoms with Crippen molar-refractivity contribution in [2.24, 2.45) is 5.92 Å². The van der Waals surface area contributed by atoms with Gasteiger partial charge in [-0.25, -0.2) is 4.98 Å². The summed E-state index contributed by atoms with van der Waals surface area (Å²) < 4.78 is 5.13. The summed E-state index contributed by atoms with van der Waals surface area (Å²) in [6.07, 6.45) is 9.07. The van der Waals surface area contributed by atoms with Gasteiger partial charge in [0.25, 0.3) is 0 Å². The lowest BCUT2D eigenvalue weighted by atomic mass is 9.85. The van der Waals surface area contributed by atoms with Crippen LogP contribution in [0.1, 0.15) is 25.7 Å². The molecule has 1 aromatic rings. The number of aromatic nitrogens is 2. The second-order valence-corrected chi connectivity index (χ2v) is 6.94. The summed E-state index contributed by atoms with van der Waals surface area (Å²) in [7, 11) is 1.73. The molecule has 1 aliphatic carbocycles. The highest BCUT2D eigenvalue weighted by Gasteiger charge is 2.31. The fraction of sp³-hybridized carbons (Fsp3) is 0.722. The Hall–Kier alpha value is -1.73. The number of hydrogen-bond donors (Lipinski definition) is 1. The number of hydrogen-bond acceptors (Lipinski definition) is 6. The molecule has 2 heterocycles. The molecule has 1 aromatic heterocycles. The van der Waals surface area contributed by atoms with Gasteiger partial charge in [0, 0.05) is 64.2 Å². The van der Waals surface area contributed by atoms with E-state index in [9.17, 15) is 4.79 Å². The summed E-state index contributed by atoms with van der Waals surface area (Å²) in [4.78, 5) is 25.6. The Morgan fingerprint density at radius 3 is 2.60 bits per heavy atom. The third-order valence-corrected chi connectivity index (χ3v) is 5.29. The Balaban J connectivity index is 1.40. The van der Waals surface area contributed by atoms with Gasteiger partial charge in [-0.15, -0.1) is 0 Å². The predicted molar refractivity (Wildman–Crippen MR) is 96.3 cm³/mol. The smallest absolute Gasteiger partial charge is 0.225 e. The highest BCUT2D eigenvalue weighted by atomic mass is 16.5. The van der Waals surface area contributed by atoms with Gasteiger partial charge in [-0.1, -0.05) is 0 Å². The van der Waals surface area contributed by atoms with Crippen molar-refractivity contribution in [1.29, 1.82) is 0 Å². The molecule has 2 fully saturated rings. The van der Waals surface area contributed by atoms with E-state index < -0.39 is 0 Å². The van der Waals surface area contributed by atoms with Gasteiger partial charge < -0.3 is 15.0 Å². The Bertz CT molecular complexity index is 526. The highest BCUT2D eigenvalue weighted by molar-refractivity contribution is 5.79. The van der Waals surface area contributed by atoms with Gasteiger partial charge in [0.2, 0.25) is 5.91 Å². The van der Waals surface area contributed by atoms with Crippen molar-refractivity contribution in [2.75, 3.05) is 51.8 Å². The zero-order valence-electron chi connectivity index (χ0n) is 15.1. The lowest BCUT2D eigenvalue weighted by molar-refractivity contribution is -0.138. The maximum atomic E-state index is 12.8. The van der Waals surface area contributed by atoms with Gasteiger partial charge in [-0.2, -0.15) is 0 Å². The molecule has 0 spiro atoms. The van der Waals surface area contributed by atoms with Crippen molar-refractivity contribution in [3.8, 4) is 0 Å². The van der Waals surface area contributed by atoms with Gasteiger partial charge in [0.15, 0.2) is 0 Å². The van der Waals surface area contributed by atoms with Crippen LogP contribution in [0.3, 0.4) is 0 Å². The van der Waals surface area contributed by atoms with Crippen LogP contribution in [0, 0.1) is 5.92 Å². The predicted octanol–water partition coefficient (Wildman–Crippen LogP) is 1.24. The van der Waals surface area contributed by atoms with Gasteiger partial charge >= 0.3 is 0 Å². The summed E-state index contributed by atoms with van der Waals surface area (Å²) in [5.74, 6) is 1.36. The molecule has 1 aliphatic heterocycles. The Morgan fingerprint density at radius 2 is 1.96 bits per heavy atom. The number of anilines is 1. The number of methoxy groups -OCH3 is 1. The average molecular weight is 347 g/mol. The van der Waals surface area contributed by atoms with Gasteiger partial charge in [-0.05, 0) is 25.7 Å². The molecule has 138 valence electrons. The molecule has 0 atom stereocenters. The molecular formula is C18H29N5O2. The molecule has 7 heteroatoms. The molecule has 0 unspecified atom stereocenters. The number of carbonyl (C=O) groups excluding carboxylic acids is 1.